The minimum atomic E-state index is -1.21. The Bertz CT molecular complexity index is 1150. The summed E-state index contributed by atoms with van der Waals surface area (Å²) in [5.41, 5.74) is 4.50. The molecule has 3 atom stereocenters. The van der Waals surface area contributed by atoms with Gasteiger partial charge < -0.3 is 15.7 Å². The predicted octanol–water partition coefficient (Wildman–Crippen LogP) is 0.399. The van der Waals surface area contributed by atoms with Gasteiger partial charge in [-0.2, -0.15) is 0 Å². The normalized spacial score (nSPS) is 23.4. The van der Waals surface area contributed by atoms with Crippen LogP contribution in [0.4, 0.5) is 10.9 Å². The van der Waals surface area contributed by atoms with Gasteiger partial charge in [0.25, 0.3) is 5.91 Å². The molecule has 18 heteroatoms. The van der Waals surface area contributed by atoms with E-state index in [0.29, 0.717) is 5.16 Å². The Balaban J connectivity index is 0.00000324. The number of anilines is 2. The molecule has 2 unspecified atom stereocenters. The number of fused-ring (bicyclic) bond motifs is 1. The molecule has 178 valence electrons. The number of aromatic nitrogens is 5. The number of rotatable bonds is 7. The molecule has 0 aliphatic carbocycles. The van der Waals surface area contributed by atoms with Gasteiger partial charge in [0.2, 0.25) is 11.1 Å². The third-order valence-electron chi connectivity index (χ3n) is 5.13. The predicted molar refractivity (Wildman–Crippen MR) is 132 cm³/mol. The van der Waals surface area contributed by atoms with Crippen molar-refractivity contribution in [2.45, 2.75) is 16.6 Å². The molecule has 2 aromatic heterocycles. The van der Waals surface area contributed by atoms with Crippen LogP contribution in [0.3, 0.4) is 0 Å². The molecule has 12 nitrogen and oxygen atoms in total. The van der Waals surface area contributed by atoms with E-state index in [1.807, 2.05) is 0 Å². The summed E-state index contributed by atoms with van der Waals surface area (Å²) in [5.74, 6) is -1.46. The number of carboxylic acid groups (broad SMARTS) is 1. The van der Waals surface area contributed by atoms with Crippen LogP contribution in [0.2, 0.25) is 0 Å². The minimum absolute atomic E-state index is 0. The molecule has 2 amide bonds. The first kappa shape index (κ1) is 27.5. The number of nitrogens with two attached hydrogens (primary N) is 1. The Morgan fingerprint density at radius 2 is 2.21 bits per heavy atom. The molecule has 0 aromatic carbocycles. The van der Waals surface area contributed by atoms with E-state index in [0.717, 1.165) is 17.4 Å². The Morgan fingerprint density at radius 1 is 1.47 bits per heavy atom. The number of nitrogens with zero attached hydrogens (tertiary/aromatic N) is 7. The van der Waals surface area contributed by atoms with Crippen LogP contribution in [0.5, 0.6) is 0 Å². The van der Waals surface area contributed by atoms with E-state index < -0.39 is 34.6 Å². The van der Waals surface area contributed by atoms with Crippen molar-refractivity contribution in [3.05, 3.63) is 15.9 Å². The number of hydrogen-bond donors (Lipinski definition) is 2. The molecule has 3 N–H and O–H groups in total. The second kappa shape index (κ2) is 10.9. The maximum atomic E-state index is 13.1. The van der Waals surface area contributed by atoms with Crippen molar-refractivity contribution in [1.29, 1.82) is 0 Å². The molecule has 4 rings (SSSR count). The summed E-state index contributed by atoms with van der Waals surface area (Å²) < 4.78 is 1.18. The van der Waals surface area contributed by atoms with Crippen molar-refractivity contribution >= 4 is 116 Å². The number of aryl methyl sites for hydroxylation is 1. The number of carbonyl (C=O) groups excluding carboxylic acids is 2. The van der Waals surface area contributed by atoms with Crippen molar-refractivity contribution in [1.82, 2.24) is 30.1 Å². The van der Waals surface area contributed by atoms with Crippen LogP contribution >= 0.6 is 58.1 Å². The van der Waals surface area contributed by atoms with Gasteiger partial charge in [0.15, 0.2) is 5.13 Å². The number of nitrogen functional groups attached to an aromatic ring is 1. The van der Waals surface area contributed by atoms with E-state index in [1.165, 1.54) is 38.0 Å². The molecule has 2 aliphatic heterocycles. The van der Waals surface area contributed by atoms with Crippen LogP contribution in [0.15, 0.2) is 21.1 Å². The first-order valence-corrected chi connectivity index (χ1v) is 12.9. The number of thiazole rings is 1. The van der Waals surface area contributed by atoms with E-state index in [1.54, 1.807) is 12.4 Å². The maximum absolute atomic E-state index is 13.1. The quantitative estimate of drug-likeness (QED) is 0.204. The molecular weight excluding hydrogens is 558 g/mol. The van der Waals surface area contributed by atoms with E-state index in [9.17, 15) is 19.5 Å². The van der Waals surface area contributed by atoms with Crippen LogP contribution in [-0.4, -0.2) is 112 Å². The average molecular weight is 575 g/mol. The SMILES string of the molecule is Cn1nnnc1SCC1(C(=O)O)CS[C@@H]2C(N(C(=O)C=C(Cl)Cl)c3csc(N)n3)C(=O)N2C1.[NaH]. The Kier molecular flexibility index (Phi) is 8.82. The van der Waals surface area contributed by atoms with Crippen LogP contribution in [-0.2, 0) is 21.4 Å². The molecular formula is C16H17Cl2N8NaO4S3. The second-order valence-electron chi connectivity index (χ2n) is 7.26. The summed E-state index contributed by atoms with van der Waals surface area (Å²) in [6.07, 6.45) is 0.981. The fourth-order valence-corrected chi connectivity index (χ4v) is 6.96. The van der Waals surface area contributed by atoms with Crippen molar-refractivity contribution in [2.24, 2.45) is 12.5 Å². The van der Waals surface area contributed by atoms with Gasteiger partial charge in [-0.15, -0.1) is 28.2 Å². The van der Waals surface area contributed by atoms with E-state index in [4.69, 9.17) is 28.9 Å². The third kappa shape index (κ3) is 5.21. The first-order chi connectivity index (χ1) is 15.6. The Hall–Kier alpha value is -1.07. The van der Waals surface area contributed by atoms with Gasteiger partial charge in [0, 0.05) is 36.6 Å². The topological polar surface area (TPSA) is 160 Å². The average Bonchev–Trinajstić information content (AvgIpc) is 3.37. The van der Waals surface area contributed by atoms with Crippen molar-refractivity contribution in [3.63, 3.8) is 0 Å². The number of hydrogen-bond acceptors (Lipinski definition) is 11. The summed E-state index contributed by atoms with van der Waals surface area (Å²) in [7, 11) is 1.66. The molecule has 0 saturated carbocycles. The molecule has 2 aromatic rings. The third-order valence-corrected chi connectivity index (χ3v) is 8.89. The number of carboxylic acids is 1. The van der Waals surface area contributed by atoms with Gasteiger partial charge in [0.1, 0.15) is 27.1 Å². The van der Waals surface area contributed by atoms with Gasteiger partial charge >= 0.3 is 35.5 Å². The number of aliphatic carboxylic acids is 1. The molecule has 2 aliphatic rings. The van der Waals surface area contributed by atoms with Crippen molar-refractivity contribution in [2.75, 3.05) is 28.7 Å². The molecule has 4 heterocycles. The zero-order valence-corrected chi connectivity index (χ0v) is 20.8. The van der Waals surface area contributed by atoms with Gasteiger partial charge in [0.05, 0.1) is 0 Å². The van der Waals surface area contributed by atoms with E-state index in [2.05, 4.69) is 20.5 Å². The van der Waals surface area contributed by atoms with Gasteiger partial charge in [-0.1, -0.05) is 35.0 Å². The number of β-lactam (4-membered cyclic amide) rings is 1. The van der Waals surface area contributed by atoms with E-state index >= 15 is 0 Å². The summed E-state index contributed by atoms with van der Waals surface area (Å²) in [4.78, 5) is 45.0. The Morgan fingerprint density at radius 3 is 2.76 bits per heavy atom. The van der Waals surface area contributed by atoms with Gasteiger partial charge in [-0.25, -0.2) is 9.67 Å². The molecule has 0 bridgehead atoms. The van der Waals surface area contributed by atoms with Crippen LogP contribution in [0.1, 0.15) is 0 Å². The van der Waals surface area contributed by atoms with Gasteiger partial charge in [-0.3, -0.25) is 19.3 Å². The number of thioether (sulfide) groups is 2. The summed E-state index contributed by atoms with van der Waals surface area (Å²) in [6.45, 7) is -0.0129. The second-order valence-corrected chi connectivity index (χ2v) is 11.2. The van der Waals surface area contributed by atoms with E-state index in [-0.39, 0.29) is 63.0 Å². The number of tetrazole rings is 1. The zero-order chi connectivity index (χ0) is 23.9. The summed E-state index contributed by atoms with van der Waals surface area (Å²) in [5, 5.41) is 22.9. The molecule has 2 fully saturated rings. The number of halogens is 2. The fourth-order valence-electron chi connectivity index (χ4n) is 3.48. The zero-order valence-electron chi connectivity index (χ0n) is 16.8. The first-order valence-electron chi connectivity index (χ1n) is 9.20. The van der Waals surface area contributed by atoms with Crippen LogP contribution in [0, 0.1) is 5.41 Å². The number of carbonyl (C=O) groups is 3. The van der Waals surface area contributed by atoms with Crippen molar-refractivity contribution in [3.8, 4) is 0 Å². The molecule has 34 heavy (non-hydrogen) atoms. The fraction of sp³-hybridized carbons (Fsp3) is 0.438. The summed E-state index contributed by atoms with van der Waals surface area (Å²) in [6, 6.07) is -0.893. The summed E-state index contributed by atoms with van der Waals surface area (Å²) >= 11 is 14.9. The van der Waals surface area contributed by atoms with Crippen LogP contribution in [0.25, 0.3) is 0 Å². The molecule has 2 saturated heterocycles. The van der Waals surface area contributed by atoms with Gasteiger partial charge in [-0.05, 0) is 10.4 Å². The van der Waals surface area contributed by atoms with Crippen molar-refractivity contribution < 1.29 is 19.5 Å². The Labute approximate surface area is 237 Å². The molecule has 0 radical (unpaired) electrons. The standard InChI is InChI=1S/C16H16Cl2N8O4S3.Na.H/c1-24-15(21-22-23-24)33-6-16(13(29)30)4-25-11(28)10(12(25)32-5-16)26(9(27)2-7(17)18)8-3-31-14(19)20-8;;/h2-3,10,12H,4-6H2,1H3,(H2,19,20)(H,29,30);;/t10?,12-,16?;;/m1../s1. The molecule has 0 spiro atoms. The number of amides is 2. The van der Waals surface area contributed by atoms with Crippen LogP contribution < -0.4 is 10.6 Å². The monoisotopic (exact) mass is 574 g/mol.